The second-order valence-electron chi connectivity index (χ2n) is 4.09. The first-order valence-electron chi connectivity index (χ1n) is 5.42. The van der Waals surface area contributed by atoms with E-state index in [2.05, 4.69) is 5.32 Å². The predicted octanol–water partition coefficient (Wildman–Crippen LogP) is 0.203. The molecule has 2 rings (SSSR count). The van der Waals surface area contributed by atoms with Crippen LogP contribution in [0.5, 0.6) is 0 Å². The van der Waals surface area contributed by atoms with E-state index in [1.807, 2.05) is 0 Å². The van der Waals surface area contributed by atoms with Crippen LogP contribution in [-0.2, 0) is 9.59 Å². The monoisotopic (exact) mass is 234 g/mol. The van der Waals surface area contributed by atoms with Gasteiger partial charge in [-0.15, -0.1) is 0 Å². The van der Waals surface area contributed by atoms with Crippen molar-refractivity contribution in [3.8, 4) is 0 Å². The normalized spacial score (nSPS) is 17.9. The highest BCUT2D eigenvalue weighted by Crippen LogP contribution is 2.19. The number of nitrogens with zero attached hydrogens (tertiary/aromatic N) is 1. The quantitative estimate of drug-likeness (QED) is 0.717. The van der Waals surface area contributed by atoms with E-state index in [0.29, 0.717) is 0 Å². The number of piperazine rings is 1. The Bertz CT molecular complexity index is 424. The summed E-state index contributed by atoms with van der Waals surface area (Å²) in [4.78, 5) is 24.1. The fraction of sp³-hybridized carbons (Fsp3) is 0.333. The minimum absolute atomic E-state index is 0.180. The molecule has 1 atom stereocenters. The van der Waals surface area contributed by atoms with E-state index in [0.717, 1.165) is 11.3 Å². The van der Waals surface area contributed by atoms with Crippen LogP contribution in [0.3, 0.4) is 0 Å². The van der Waals surface area contributed by atoms with Crippen molar-refractivity contribution in [3.63, 3.8) is 0 Å². The van der Waals surface area contributed by atoms with Gasteiger partial charge in [0.05, 0.1) is 19.2 Å². The number of imide groups is 1. The van der Waals surface area contributed by atoms with E-state index in [4.69, 9.17) is 0 Å². The van der Waals surface area contributed by atoms with E-state index in [1.54, 1.807) is 36.1 Å². The molecule has 5 heteroatoms. The number of nitrogens with one attached hydrogen (secondary N) is 1. The van der Waals surface area contributed by atoms with Crippen molar-refractivity contribution in [2.24, 2.45) is 0 Å². The average Bonchev–Trinajstić information content (AvgIpc) is 2.28. The summed E-state index contributed by atoms with van der Waals surface area (Å²) in [6, 6.07) is 7.18. The summed E-state index contributed by atoms with van der Waals surface area (Å²) in [7, 11) is 0. The molecule has 0 aliphatic carbocycles. The third kappa shape index (κ3) is 2.62. The molecule has 1 aliphatic heterocycles. The molecule has 2 N–H and O–H groups in total. The minimum Gasteiger partial charge on any atom is -0.389 e. The van der Waals surface area contributed by atoms with E-state index < -0.39 is 6.10 Å². The summed E-state index contributed by atoms with van der Waals surface area (Å²) in [5.41, 5.74) is 1.61. The molecule has 5 nitrogen and oxygen atoms in total. The summed E-state index contributed by atoms with van der Waals surface area (Å²) in [5.74, 6) is -0.582. The first-order valence-corrected chi connectivity index (χ1v) is 5.42. The standard InChI is InChI=1S/C12H14N2O3/c1-8(15)9-2-4-10(5-3-9)14-6-11(16)13-12(17)7-14/h2-5,8,15H,6-7H2,1H3,(H,13,16,17)/t8-/m1/s1. The van der Waals surface area contributed by atoms with Crippen molar-refractivity contribution >= 4 is 17.5 Å². The summed E-state index contributed by atoms with van der Waals surface area (Å²) in [5, 5.41) is 11.6. The summed E-state index contributed by atoms with van der Waals surface area (Å²) < 4.78 is 0. The number of aliphatic hydroxyl groups excluding tert-OH is 1. The first kappa shape index (κ1) is 11.6. The van der Waals surface area contributed by atoms with Gasteiger partial charge in [0.2, 0.25) is 11.8 Å². The lowest BCUT2D eigenvalue weighted by molar-refractivity contribution is -0.130. The summed E-state index contributed by atoms with van der Waals surface area (Å²) in [6.45, 7) is 2.05. The Hall–Kier alpha value is -1.88. The molecule has 0 aromatic heterocycles. The number of rotatable bonds is 2. The molecule has 0 unspecified atom stereocenters. The lowest BCUT2D eigenvalue weighted by Crippen LogP contribution is -2.51. The van der Waals surface area contributed by atoms with Gasteiger partial charge in [0.25, 0.3) is 0 Å². The molecule has 1 aromatic carbocycles. The second kappa shape index (κ2) is 4.55. The maximum atomic E-state index is 11.2. The van der Waals surface area contributed by atoms with Gasteiger partial charge in [0, 0.05) is 5.69 Å². The maximum Gasteiger partial charge on any atom is 0.246 e. The van der Waals surface area contributed by atoms with Crippen molar-refractivity contribution in [3.05, 3.63) is 29.8 Å². The lowest BCUT2D eigenvalue weighted by Gasteiger charge is -2.27. The van der Waals surface area contributed by atoms with E-state index in [-0.39, 0.29) is 24.9 Å². The smallest absolute Gasteiger partial charge is 0.246 e. The van der Waals surface area contributed by atoms with Crippen LogP contribution >= 0.6 is 0 Å². The second-order valence-corrected chi connectivity index (χ2v) is 4.09. The summed E-state index contributed by atoms with van der Waals surface area (Å²) >= 11 is 0. The number of hydrogen-bond acceptors (Lipinski definition) is 4. The first-order chi connectivity index (χ1) is 8.06. The number of amides is 2. The predicted molar refractivity (Wildman–Crippen MR) is 62.4 cm³/mol. The van der Waals surface area contributed by atoms with E-state index in [1.165, 1.54) is 0 Å². The zero-order valence-electron chi connectivity index (χ0n) is 9.51. The zero-order chi connectivity index (χ0) is 12.4. The van der Waals surface area contributed by atoms with Crippen LogP contribution in [0.15, 0.2) is 24.3 Å². The highest BCUT2D eigenvalue weighted by Gasteiger charge is 2.22. The molecule has 0 radical (unpaired) electrons. The van der Waals surface area contributed by atoms with Crippen LogP contribution < -0.4 is 10.2 Å². The SMILES string of the molecule is C[C@@H](O)c1ccc(N2CC(=O)NC(=O)C2)cc1. The number of hydrogen-bond donors (Lipinski definition) is 2. The molecular weight excluding hydrogens is 220 g/mol. The van der Waals surface area contributed by atoms with Gasteiger partial charge in [-0.1, -0.05) is 12.1 Å². The average molecular weight is 234 g/mol. The molecule has 0 bridgehead atoms. The van der Waals surface area contributed by atoms with E-state index in [9.17, 15) is 14.7 Å². The third-order valence-corrected chi connectivity index (χ3v) is 2.69. The van der Waals surface area contributed by atoms with Gasteiger partial charge in [0.15, 0.2) is 0 Å². The minimum atomic E-state index is -0.518. The Balaban J connectivity index is 2.16. The van der Waals surface area contributed by atoms with Gasteiger partial charge in [-0.25, -0.2) is 0 Å². The molecule has 1 heterocycles. The Morgan fingerprint density at radius 3 is 2.18 bits per heavy atom. The number of aliphatic hydroxyl groups is 1. The zero-order valence-corrected chi connectivity index (χ0v) is 9.51. The van der Waals surface area contributed by atoms with Crippen molar-refractivity contribution in [2.45, 2.75) is 13.0 Å². The topological polar surface area (TPSA) is 69.6 Å². The Kier molecular flexibility index (Phi) is 3.10. The number of carbonyl (C=O) groups excluding carboxylic acids is 2. The van der Waals surface area contributed by atoms with Crippen LogP contribution in [0.4, 0.5) is 5.69 Å². The van der Waals surface area contributed by atoms with Crippen LogP contribution in [0.1, 0.15) is 18.6 Å². The number of anilines is 1. The fourth-order valence-electron chi connectivity index (χ4n) is 1.78. The Morgan fingerprint density at radius 2 is 1.71 bits per heavy atom. The summed E-state index contributed by atoms with van der Waals surface area (Å²) in [6.07, 6.45) is -0.518. The van der Waals surface area contributed by atoms with E-state index >= 15 is 0 Å². The Labute approximate surface area is 99.0 Å². The van der Waals surface area contributed by atoms with Crippen LogP contribution in [0.2, 0.25) is 0 Å². The van der Waals surface area contributed by atoms with Crippen molar-refractivity contribution in [1.29, 1.82) is 0 Å². The van der Waals surface area contributed by atoms with Crippen molar-refractivity contribution < 1.29 is 14.7 Å². The highest BCUT2D eigenvalue weighted by molar-refractivity contribution is 6.02. The van der Waals surface area contributed by atoms with Crippen LogP contribution in [0.25, 0.3) is 0 Å². The van der Waals surface area contributed by atoms with Crippen LogP contribution in [0, 0.1) is 0 Å². The number of carbonyl (C=O) groups is 2. The molecule has 2 amide bonds. The molecule has 1 aliphatic rings. The van der Waals surface area contributed by atoms with Gasteiger partial charge in [-0.2, -0.15) is 0 Å². The van der Waals surface area contributed by atoms with Gasteiger partial charge in [-0.3, -0.25) is 14.9 Å². The van der Waals surface area contributed by atoms with Gasteiger partial charge in [0.1, 0.15) is 0 Å². The van der Waals surface area contributed by atoms with Gasteiger partial charge in [-0.05, 0) is 24.6 Å². The van der Waals surface area contributed by atoms with Crippen molar-refractivity contribution in [2.75, 3.05) is 18.0 Å². The number of benzene rings is 1. The molecule has 1 aromatic rings. The molecular formula is C12H14N2O3. The lowest BCUT2D eigenvalue weighted by atomic mass is 10.1. The molecule has 1 saturated heterocycles. The highest BCUT2D eigenvalue weighted by atomic mass is 16.3. The Morgan fingerprint density at radius 1 is 1.18 bits per heavy atom. The third-order valence-electron chi connectivity index (χ3n) is 2.69. The fourth-order valence-corrected chi connectivity index (χ4v) is 1.78. The molecule has 90 valence electrons. The maximum absolute atomic E-state index is 11.2. The van der Waals surface area contributed by atoms with Crippen molar-refractivity contribution in [1.82, 2.24) is 5.32 Å². The molecule has 0 spiro atoms. The molecule has 1 fully saturated rings. The van der Waals surface area contributed by atoms with Gasteiger partial charge >= 0.3 is 0 Å². The molecule has 0 saturated carbocycles. The largest absolute Gasteiger partial charge is 0.389 e. The van der Waals surface area contributed by atoms with Crippen LogP contribution in [-0.4, -0.2) is 30.0 Å². The van der Waals surface area contributed by atoms with Gasteiger partial charge < -0.3 is 10.0 Å². The molecule has 17 heavy (non-hydrogen) atoms.